The molecular formula is C37H45O6S2-. The van der Waals surface area contributed by atoms with Gasteiger partial charge in [0, 0.05) is 5.56 Å². The highest BCUT2D eigenvalue weighted by Crippen LogP contribution is 2.63. The lowest BCUT2D eigenvalue weighted by Gasteiger charge is -2.58. The van der Waals surface area contributed by atoms with Crippen LogP contribution in [0, 0.1) is 42.4 Å². The Kier molecular flexibility index (Phi) is 6.38. The van der Waals surface area contributed by atoms with Crippen LogP contribution in [0.4, 0.5) is 0 Å². The molecule has 0 atom stereocenters. The lowest BCUT2D eigenvalue weighted by atomic mass is 9.47. The van der Waals surface area contributed by atoms with Gasteiger partial charge in [-0.1, -0.05) is 12.1 Å². The average molecular weight is 650 g/mol. The van der Waals surface area contributed by atoms with Crippen LogP contribution < -0.4 is 4.18 Å². The van der Waals surface area contributed by atoms with Gasteiger partial charge in [-0.25, -0.2) is 8.42 Å². The van der Waals surface area contributed by atoms with Crippen molar-refractivity contribution in [3.05, 3.63) is 52.1 Å². The van der Waals surface area contributed by atoms with Crippen molar-refractivity contribution >= 4 is 20.2 Å². The third kappa shape index (κ3) is 4.62. The fourth-order valence-corrected chi connectivity index (χ4v) is 15.0. The summed E-state index contributed by atoms with van der Waals surface area (Å²) in [5.41, 5.74) is 3.53. The van der Waals surface area contributed by atoms with E-state index in [1.54, 1.807) is 0 Å². The molecule has 0 spiro atoms. The Morgan fingerprint density at radius 3 is 1.73 bits per heavy atom. The number of hydrogen-bond acceptors (Lipinski definition) is 6. The second-order valence-corrected chi connectivity index (χ2v) is 19.6. The van der Waals surface area contributed by atoms with Gasteiger partial charge in [0.05, 0.1) is 4.90 Å². The van der Waals surface area contributed by atoms with E-state index in [1.807, 2.05) is 6.07 Å². The van der Waals surface area contributed by atoms with Crippen LogP contribution in [0.1, 0.15) is 118 Å². The molecule has 0 amide bonds. The molecule has 0 heterocycles. The summed E-state index contributed by atoms with van der Waals surface area (Å²) in [6, 6.07) is 7.93. The Morgan fingerprint density at radius 2 is 1.20 bits per heavy atom. The third-order valence-corrected chi connectivity index (χ3v) is 16.0. The van der Waals surface area contributed by atoms with Crippen LogP contribution in [0.2, 0.25) is 0 Å². The predicted molar refractivity (Wildman–Crippen MR) is 170 cm³/mol. The maximum absolute atomic E-state index is 14.8. The Bertz CT molecular complexity index is 1740. The molecule has 9 aliphatic carbocycles. The van der Waals surface area contributed by atoms with Gasteiger partial charge in [-0.15, -0.1) is 0 Å². The maximum atomic E-state index is 14.8. The van der Waals surface area contributed by atoms with Crippen LogP contribution >= 0.6 is 0 Å². The molecule has 6 nitrogen and oxygen atoms in total. The van der Waals surface area contributed by atoms with Gasteiger partial charge in [0.2, 0.25) is 0 Å². The molecule has 8 fully saturated rings. The first-order valence-electron chi connectivity index (χ1n) is 17.6. The highest BCUT2D eigenvalue weighted by molar-refractivity contribution is 7.87. The predicted octanol–water partition coefficient (Wildman–Crippen LogP) is 7.48. The van der Waals surface area contributed by atoms with E-state index in [0.717, 1.165) is 91.4 Å². The third-order valence-electron chi connectivity index (χ3n) is 13.8. The van der Waals surface area contributed by atoms with Crippen LogP contribution in [0.15, 0.2) is 34.1 Å². The quantitative estimate of drug-likeness (QED) is 0.238. The zero-order chi connectivity index (χ0) is 30.9. The van der Waals surface area contributed by atoms with Crippen molar-refractivity contribution in [3.8, 4) is 5.75 Å². The molecule has 2 aromatic carbocycles. The van der Waals surface area contributed by atoms with Crippen molar-refractivity contribution in [2.45, 2.75) is 130 Å². The highest BCUT2D eigenvalue weighted by Gasteiger charge is 2.55. The molecule has 0 aliphatic heterocycles. The summed E-state index contributed by atoms with van der Waals surface area (Å²) in [6.07, 6.45) is 17.3. The van der Waals surface area contributed by atoms with Gasteiger partial charge in [-0.2, -0.15) is 8.42 Å². The van der Waals surface area contributed by atoms with E-state index in [1.165, 1.54) is 51.5 Å². The first kappa shape index (κ1) is 29.3. The molecule has 0 saturated heterocycles. The minimum atomic E-state index is -4.81. The van der Waals surface area contributed by atoms with E-state index in [9.17, 15) is 21.4 Å². The van der Waals surface area contributed by atoms with Crippen LogP contribution in [0.5, 0.6) is 5.75 Å². The van der Waals surface area contributed by atoms with Crippen molar-refractivity contribution in [1.82, 2.24) is 0 Å². The van der Waals surface area contributed by atoms with Crippen LogP contribution in [0.25, 0.3) is 0 Å². The van der Waals surface area contributed by atoms with E-state index in [4.69, 9.17) is 4.18 Å². The molecule has 0 unspecified atom stereocenters. The Labute approximate surface area is 268 Å². The number of aryl methyl sites for hydroxylation is 1. The summed E-state index contributed by atoms with van der Waals surface area (Å²) in [7, 11) is -9.15. The van der Waals surface area contributed by atoms with E-state index in [2.05, 4.69) is 12.1 Å². The molecule has 2 aromatic rings. The van der Waals surface area contributed by atoms with Gasteiger partial charge in [0.25, 0.3) is 0 Å². The molecule has 45 heavy (non-hydrogen) atoms. The molecular weight excluding hydrogens is 605 g/mol. The lowest BCUT2D eigenvalue weighted by Crippen LogP contribution is -2.50. The van der Waals surface area contributed by atoms with E-state index >= 15 is 0 Å². The summed E-state index contributed by atoms with van der Waals surface area (Å²) in [6.45, 7) is 1.52. The van der Waals surface area contributed by atoms with Gasteiger partial charge in [0.15, 0.2) is 5.75 Å². The number of benzene rings is 2. The van der Waals surface area contributed by atoms with E-state index < -0.39 is 20.2 Å². The summed E-state index contributed by atoms with van der Waals surface area (Å²) in [5, 5.41) is 0. The van der Waals surface area contributed by atoms with E-state index in [-0.39, 0.29) is 27.0 Å². The molecule has 8 saturated carbocycles. The van der Waals surface area contributed by atoms with Crippen LogP contribution in [0.3, 0.4) is 0 Å². The Balaban J connectivity index is 1.20. The zero-order valence-electron chi connectivity index (χ0n) is 26.4. The second-order valence-electron chi connectivity index (χ2n) is 16.8. The fourth-order valence-electron chi connectivity index (χ4n) is 12.9. The van der Waals surface area contributed by atoms with Crippen LogP contribution in [-0.2, 0) is 43.9 Å². The fraction of sp³-hybridized carbons (Fsp3) is 0.676. The van der Waals surface area contributed by atoms with Crippen molar-refractivity contribution in [2.75, 3.05) is 0 Å². The normalized spacial score (nSPS) is 38.0. The summed E-state index contributed by atoms with van der Waals surface area (Å²) < 4.78 is 72.9. The SMILES string of the molecule is Cc1c(S(=O)(=O)[O-])cc2c(c1OS(=O)(=O)c1cc(C34CC5CC(CC(C5)C3)C4)ccc1C13CC4CC(CC(C4)C1)C3)CCCC2. The van der Waals surface area contributed by atoms with Crippen LogP contribution in [-0.4, -0.2) is 21.4 Å². The molecule has 242 valence electrons. The van der Waals surface area contributed by atoms with Crippen molar-refractivity contribution < 1.29 is 25.6 Å². The Hall–Kier alpha value is -1.90. The smallest absolute Gasteiger partial charge is 0.339 e. The summed E-state index contributed by atoms with van der Waals surface area (Å²) in [4.78, 5) is -0.0611. The molecule has 11 rings (SSSR count). The number of hydrogen-bond donors (Lipinski definition) is 0. The van der Waals surface area contributed by atoms with E-state index in [0.29, 0.717) is 35.5 Å². The second kappa shape index (κ2) is 9.82. The van der Waals surface area contributed by atoms with Crippen molar-refractivity contribution in [1.29, 1.82) is 0 Å². The van der Waals surface area contributed by atoms with Gasteiger partial charge in [-0.3, -0.25) is 0 Å². The minimum Gasteiger partial charge on any atom is -0.744 e. The van der Waals surface area contributed by atoms with Gasteiger partial charge in [-0.05, 0) is 190 Å². The average Bonchev–Trinajstić information content (AvgIpc) is 2.96. The molecule has 0 N–H and O–H groups in total. The maximum Gasteiger partial charge on any atom is 0.339 e. The molecule has 8 heteroatoms. The standard InChI is InChI=1S/C37H46O6S2/c1-22-33(44(38,39)40)14-29-4-2-3-5-31(29)35(22)43-45(41,42)34-15-30(36-16-23-8-24(17-36)10-25(9-23)18-36)6-7-32(34)37-19-26-11-27(20-37)13-28(12-26)21-37/h6-7,14-15,23-28H,2-5,8-13,16-21H2,1H3,(H,38,39,40)/p-1. The first-order chi connectivity index (χ1) is 21.4. The zero-order valence-corrected chi connectivity index (χ0v) is 28.0. The summed E-state index contributed by atoms with van der Waals surface area (Å²) in [5.74, 6) is 4.25. The van der Waals surface area contributed by atoms with Gasteiger partial charge >= 0.3 is 10.1 Å². The Morgan fingerprint density at radius 1 is 0.689 bits per heavy atom. The largest absolute Gasteiger partial charge is 0.744 e. The minimum absolute atomic E-state index is 0.0324. The molecule has 8 bridgehead atoms. The topological polar surface area (TPSA) is 101 Å². The van der Waals surface area contributed by atoms with Crippen molar-refractivity contribution in [3.63, 3.8) is 0 Å². The highest BCUT2D eigenvalue weighted by atomic mass is 32.2. The first-order valence-corrected chi connectivity index (χ1v) is 20.4. The molecule has 0 aromatic heterocycles. The number of rotatable bonds is 6. The van der Waals surface area contributed by atoms with Crippen molar-refractivity contribution in [2.24, 2.45) is 35.5 Å². The molecule has 0 radical (unpaired) electrons. The molecule has 9 aliphatic rings. The van der Waals surface area contributed by atoms with Gasteiger partial charge < -0.3 is 8.74 Å². The number of fused-ring (bicyclic) bond motifs is 1. The monoisotopic (exact) mass is 649 g/mol. The lowest BCUT2D eigenvalue weighted by molar-refractivity contribution is -0.00808. The van der Waals surface area contributed by atoms with Gasteiger partial charge in [0.1, 0.15) is 15.0 Å². The summed E-state index contributed by atoms with van der Waals surface area (Å²) >= 11 is 0.